The summed E-state index contributed by atoms with van der Waals surface area (Å²) in [6, 6.07) is 6.60. The van der Waals surface area contributed by atoms with E-state index in [1.807, 2.05) is 19.1 Å². The van der Waals surface area contributed by atoms with Crippen molar-refractivity contribution >= 4 is 17.7 Å². The molecule has 0 radical (unpaired) electrons. The predicted molar refractivity (Wildman–Crippen MR) is 99.7 cm³/mol. The van der Waals surface area contributed by atoms with E-state index in [-0.39, 0.29) is 17.5 Å². The van der Waals surface area contributed by atoms with Crippen molar-refractivity contribution < 1.29 is 28.6 Å². The van der Waals surface area contributed by atoms with Crippen molar-refractivity contribution in [1.82, 2.24) is 9.88 Å². The van der Waals surface area contributed by atoms with Crippen LogP contribution in [0.2, 0.25) is 0 Å². The summed E-state index contributed by atoms with van der Waals surface area (Å²) in [7, 11) is 1.63. The molecular formula is C20H22N2O6. The fourth-order valence-electron chi connectivity index (χ4n) is 2.86. The number of benzene rings is 1. The number of nitrogens with one attached hydrogen (secondary N) is 1. The lowest BCUT2D eigenvalue weighted by molar-refractivity contribution is -0.124. The average Bonchev–Trinajstić information content (AvgIpc) is 3.08. The molecule has 1 amide bonds. The Kier molecular flexibility index (Phi) is 5.67. The van der Waals surface area contributed by atoms with Gasteiger partial charge in [-0.3, -0.25) is 9.59 Å². The average molecular weight is 386 g/mol. The second kappa shape index (κ2) is 8.16. The number of fused-ring (bicyclic) bond motifs is 1. The molecule has 0 aliphatic carbocycles. The Labute approximate surface area is 162 Å². The van der Waals surface area contributed by atoms with Crippen LogP contribution < -0.4 is 14.8 Å². The molecule has 0 bridgehead atoms. The summed E-state index contributed by atoms with van der Waals surface area (Å²) < 4.78 is 17.6. The van der Waals surface area contributed by atoms with E-state index < -0.39 is 18.5 Å². The number of hydrogen-bond acceptors (Lipinski definition) is 6. The lowest BCUT2D eigenvalue weighted by atomic mass is 10.1. The van der Waals surface area contributed by atoms with Crippen molar-refractivity contribution in [2.45, 2.75) is 19.9 Å². The molecule has 2 aromatic rings. The van der Waals surface area contributed by atoms with Crippen molar-refractivity contribution in [3.63, 3.8) is 0 Å². The Hall–Kier alpha value is -3.29. The molecule has 28 heavy (non-hydrogen) atoms. The molecule has 0 unspecified atom stereocenters. The van der Waals surface area contributed by atoms with E-state index in [2.05, 4.69) is 5.32 Å². The Morgan fingerprint density at radius 3 is 2.57 bits per heavy atom. The molecule has 1 atom stereocenters. The third kappa shape index (κ3) is 4.33. The molecule has 1 aliphatic rings. The van der Waals surface area contributed by atoms with Crippen molar-refractivity contribution in [1.29, 1.82) is 0 Å². The lowest BCUT2D eigenvalue weighted by Gasteiger charge is -2.21. The molecule has 1 aromatic heterocycles. The molecule has 0 saturated heterocycles. The minimum atomic E-state index is -0.669. The van der Waals surface area contributed by atoms with Gasteiger partial charge in [-0.25, -0.2) is 4.79 Å². The van der Waals surface area contributed by atoms with Crippen molar-refractivity contribution in [2.75, 3.05) is 19.8 Å². The Balaban J connectivity index is 1.55. The van der Waals surface area contributed by atoms with Gasteiger partial charge in [0.1, 0.15) is 18.9 Å². The van der Waals surface area contributed by atoms with Crippen LogP contribution in [0.15, 0.2) is 30.5 Å². The fourth-order valence-corrected chi connectivity index (χ4v) is 2.86. The summed E-state index contributed by atoms with van der Waals surface area (Å²) in [5.41, 5.74) is 1.46. The van der Waals surface area contributed by atoms with Crippen LogP contribution in [-0.2, 0) is 16.6 Å². The summed E-state index contributed by atoms with van der Waals surface area (Å²) in [6.07, 6.45) is 1.54. The number of hydrogen-bond donors (Lipinski definition) is 1. The predicted octanol–water partition coefficient (Wildman–Crippen LogP) is 2.03. The van der Waals surface area contributed by atoms with Gasteiger partial charge >= 0.3 is 5.97 Å². The summed E-state index contributed by atoms with van der Waals surface area (Å²) in [5.74, 6) is 0.0609. The van der Waals surface area contributed by atoms with Gasteiger partial charge < -0.3 is 24.1 Å². The van der Waals surface area contributed by atoms with E-state index in [4.69, 9.17) is 14.2 Å². The number of nitrogens with zero attached hydrogens (tertiary/aromatic N) is 1. The number of ether oxygens (including phenoxy) is 3. The fraction of sp³-hybridized carbons (Fsp3) is 0.350. The highest BCUT2D eigenvalue weighted by Crippen LogP contribution is 2.32. The third-order valence-corrected chi connectivity index (χ3v) is 4.40. The van der Waals surface area contributed by atoms with Crippen LogP contribution in [0.25, 0.3) is 0 Å². The molecule has 8 nitrogen and oxygen atoms in total. The third-order valence-electron chi connectivity index (χ3n) is 4.40. The van der Waals surface area contributed by atoms with Crippen LogP contribution in [0.3, 0.4) is 0 Å². The SMILES string of the molecule is CC(=O)c1cc(C(=O)OCC(=O)N[C@@H](C)c2ccc3c(c2)OCCO3)n(C)c1. The molecule has 0 saturated carbocycles. The molecular weight excluding hydrogens is 364 g/mol. The minimum Gasteiger partial charge on any atom is -0.486 e. The standard InChI is InChI=1S/C20H22N2O6/c1-12(14-4-5-17-18(9-14)27-7-6-26-17)21-19(24)11-28-20(25)16-8-15(13(2)23)10-22(16)3/h4-5,8-10,12H,6-7,11H2,1-3H3,(H,21,24)/t12-/m0/s1. The highest BCUT2D eigenvalue weighted by atomic mass is 16.6. The van der Waals surface area contributed by atoms with Crippen LogP contribution in [0.5, 0.6) is 11.5 Å². The maximum Gasteiger partial charge on any atom is 0.355 e. The Bertz CT molecular complexity index is 917. The highest BCUT2D eigenvalue weighted by Gasteiger charge is 2.19. The Morgan fingerprint density at radius 2 is 1.89 bits per heavy atom. The second-order valence-corrected chi connectivity index (χ2v) is 6.55. The molecule has 3 rings (SSSR count). The van der Waals surface area contributed by atoms with E-state index in [1.54, 1.807) is 19.3 Å². The van der Waals surface area contributed by atoms with Gasteiger partial charge in [-0.1, -0.05) is 6.07 Å². The Morgan fingerprint density at radius 1 is 1.18 bits per heavy atom. The zero-order valence-corrected chi connectivity index (χ0v) is 16.0. The highest BCUT2D eigenvalue weighted by molar-refractivity contribution is 5.98. The summed E-state index contributed by atoms with van der Waals surface area (Å²) in [4.78, 5) is 35.7. The van der Waals surface area contributed by atoms with Gasteiger partial charge in [0.05, 0.1) is 6.04 Å². The molecule has 1 aliphatic heterocycles. The van der Waals surface area contributed by atoms with Gasteiger partial charge in [0, 0.05) is 18.8 Å². The first-order chi connectivity index (χ1) is 13.3. The minimum absolute atomic E-state index is 0.152. The smallest absolute Gasteiger partial charge is 0.355 e. The van der Waals surface area contributed by atoms with Crippen LogP contribution >= 0.6 is 0 Å². The van der Waals surface area contributed by atoms with Gasteiger partial charge in [0.25, 0.3) is 5.91 Å². The molecule has 1 N–H and O–H groups in total. The number of aryl methyl sites for hydroxylation is 1. The molecule has 2 heterocycles. The molecule has 0 spiro atoms. The zero-order chi connectivity index (χ0) is 20.3. The molecule has 8 heteroatoms. The normalized spacial score (nSPS) is 13.5. The van der Waals surface area contributed by atoms with Gasteiger partial charge in [-0.15, -0.1) is 0 Å². The van der Waals surface area contributed by atoms with Crippen LogP contribution in [0, 0.1) is 0 Å². The summed E-state index contributed by atoms with van der Waals surface area (Å²) in [5, 5.41) is 2.77. The van der Waals surface area contributed by atoms with E-state index in [1.165, 1.54) is 17.6 Å². The van der Waals surface area contributed by atoms with E-state index in [0.717, 1.165) is 5.56 Å². The van der Waals surface area contributed by atoms with Crippen molar-refractivity contribution in [3.05, 3.63) is 47.3 Å². The van der Waals surface area contributed by atoms with Gasteiger partial charge in [-0.05, 0) is 37.6 Å². The first-order valence-corrected chi connectivity index (χ1v) is 8.88. The number of ketones is 1. The van der Waals surface area contributed by atoms with Gasteiger partial charge in [-0.2, -0.15) is 0 Å². The zero-order valence-electron chi connectivity index (χ0n) is 16.0. The molecule has 1 aromatic carbocycles. The van der Waals surface area contributed by atoms with Gasteiger partial charge in [0.15, 0.2) is 23.9 Å². The number of aromatic nitrogens is 1. The number of Topliss-reactive ketones (excluding diaryl/α,β-unsaturated/α-hetero) is 1. The van der Waals surface area contributed by atoms with Gasteiger partial charge in [0.2, 0.25) is 0 Å². The van der Waals surface area contributed by atoms with Crippen LogP contribution in [0.4, 0.5) is 0 Å². The second-order valence-electron chi connectivity index (χ2n) is 6.55. The number of carbonyl (C=O) groups excluding carboxylic acids is 3. The number of esters is 1. The maximum absolute atomic E-state index is 12.2. The number of amides is 1. The largest absolute Gasteiger partial charge is 0.486 e. The topological polar surface area (TPSA) is 95.9 Å². The first kappa shape index (κ1) is 19.5. The first-order valence-electron chi connectivity index (χ1n) is 8.88. The van der Waals surface area contributed by atoms with E-state index >= 15 is 0 Å². The lowest BCUT2D eigenvalue weighted by Crippen LogP contribution is -2.31. The molecule has 148 valence electrons. The van der Waals surface area contributed by atoms with Crippen molar-refractivity contribution in [3.8, 4) is 11.5 Å². The monoisotopic (exact) mass is 386 g/mol. The summed E-state index contributed by atoms with van der Waals surface area (Å²) in [6.45, 7) is 3.81. The van der Waals surface area contributed by atoms with E-state index in [0.29, 0.717) is 30.3 Å². The van der Waals surface area contributed by atoms with Crippen LogP contribution in [0.1, 0.15) is 46.3 Å². The van der Waals surface area contributed by atoms with E-state index in [9.17, 15) is 14.4 Å². The summed E-state index contributed by atoms with van der Waals surface area (Å²) >= 11 is 0. The maximum atomic E-state index is 12.2. The number of rotatable bonds is 6. The number of carbonyl (C=O) groups is 3. The quantitative estimate of drug-likeness (QED) is 0.603. The van der Waals surface area contributed by atoms with Crippen molar-refractivity contribution in [2.24, 2.45) is 7.05 Å². The van der Waals surface area contributed by atoms with Crippen LogP contribution in [-0.4, -0.2) is 42.0 Å². The molecule has 0 fully saturated rings.